The molecule has 5 rings (SSSR count). The lowest BCUT2D eigenvalue weighted by atomic mass is 9.91. The molecule has 1 saturated heterocycles. The van der Waals surface area contributed by atoms with Gasteiger partial charge in [0.25, 0.3) is 17.6 Å². The van der Waals surface area contributed by atoms with Crippen molar-refractivity contribution in [2.24, 2.45) is 0 Å². The summed E-state index contributed by atoms with van der Waals surface area (Å²) in [5.41, 5.74) is 0.714. The highest BCUT2D eigenvalue weighted by Gasteiger charge is 2.44. The van der Waals surface area contributed by atoms with Crippen LogP contribution in [0.25, 0.3) is 5.78 Å². The zero-order chi connectivity index (χ0) is 21.9. The normalized spacial score (nSPS) is 20.9. The quantitative estimate of drug-likeness (QED) is 0.589. The van der Waals surface area contributed by atoms with E-state index in [1.165, 1.54) is 23.0 Å². The van der Waals surface area contributed by atoms with E-state index >= 15 is 0 Å². The molecule has 1 aliphatic heterocycles. The smallest absolute Gasteiger partial charge is 0.266 e. The van der Waals surface area contributed by atoms with E-state index in [4.69, 9.17) is 0 Å². The Balaban J connectivity index is 1.49. The summed E-state index contributed by atoms with van der Waals surface area (Å²) in [7, 11) is 0. The zero-order valence-corrected chi connectivity index (χ0v) is 16.7. The van der Waals surface area contributed by atoms with Gasteiger partial charge >= 0.3 is 0 Å². The van der Waals surface area contributed by atoms with Gasteiger partial charge in [-0.15, -0.1) is 0 Å². The third-order valence-electron chi connectivity index (χ3n) is 5.88. The van der Waals surface area contributed by atoms with Crippen molar-refractivity contribution in [2.45, 2.75) is 43.9 Å². The van der Waals surface area contributed by atoms with Crippen LogP contribution in [0.1, 0.15) is 58.4 Å². The van der Waals surface area contributed by atoms with Crippen molar-refractivity contribution in [1.29, 1.82) is 0 Å². The van der Waals surface area contributed by atoms with Crippen LogP contribution in [-0.2, 0) is 0 Å². The third-order valence-corrected chi connectivity index (χ3v) is 5.88. The van der Waals surface area contributed by atoms with Gasteiger partial charge in [-0.05, 0) is 43.4 Å². The first-order valence-corrected chi connectivity index (χ1v) is 10.1. The first-order valence-electron chi connectivity index (χ1n) is 10.1. The second-order valence-corrected chi connectivity index (χ2v) is 8.34. The molecular weight excluding hydrogens is 414 g/mol. The van der Waals surface area contributed by atoms with Crippen molar-refractivity contribution in [3.8, 4) is 0 Å². The number of nitrogens with zero attached hydrogens (tertiary/aromatic N) is 5. The minimum Gasteiger partial charge on any atom is -0.332 e. The van der Waals surface area contributed by atoms with Gasteiger partial charge in [-0.2, -0.15) is 10.1 Å². The Morgan fingerprint density at radius 3 is 2.68 bits per heavy atom. The Labute approximate surface area is 174 Å². The first kappa shape index (κ1) is 19.9. The van der Waals surface area contributed by atoms with Crippen LogP contribution in [0.4, 0.5) is 17.6 Å². The second kappa shape index (κ2) is 7.00. The predicted octanol–water partition coefficient (Wildman–Crippen LogP) is 3.85. The number of hydrogen-bond donors (Lipinski definition) is 0. The maximum absolute atomic E-state index is 14.6. The highest BCUT2D eigenvalue weighted by atomic mass is 19.3. The molecule has 1 amide bonds. The summed E-state index contributed by atoms with van der Waals surface area (Å²) in [5.74, 6) is -7.05. The highest BCUT2D eigenvalue weighted by Crippen LogP contribution is 2.42. The molecule has 162 valence electrons. The molecule has 1 aromatic carbocycles. The number of halogens is 4. The van der Waals surface area contributed by atoms with Gasteiger partial charge in [0.05, 0.1) is 17.8 Å². The van der Waals surface area contributed by atoms with E-state index in [1.807, 2.05) is 0 Å². The van der Waals surface area contributed by atoms with E-state index in [9.17, 15) is 22.4 Å². The molecule has 0 spiro atoms. The number of aryl methyl sites for hydroxylation is 1. The third kappa shape index (κ3) is 3.53. The number of rotatable bonds is 3. The second-order valence-electron chi connectivity index (χ2n) is 8.34. The fraction of sp³-hybridized carbons (Fsp3) is 0.429. The van der Waals surface area contributed by atoms with E-state index < -0.39 is 47.9 Å². The Kier molecular flexibility index (Phi) is 4.49. The van der Waals surface area contributed by atoms with Crippen molar-refractivity contribution in [3.05, 3.63) is 58.7 Å². The maximum atomic E-state index is 14.6. The minimum absolute atomic E-state index is 0.0395. The number of carbonyl (C=O) groups excluding carboxylic acids is 1. The SMILES string of the molecule is Cc1cc(C2CN(C(=O)c3ccc(C4CC4)c(F)c3F)CC(F)(F)C2)n2ncnc2n1. The van der Waals surface area contributed by atoms with Crippen molar-refractivity contribution < 1.29 is 22.4 Å². The molecule has 0 bridgehead atoms. The first-order chi connectivity index (χ1) is 14.7. The average Bonchev–Trinajstić information content (AvgIpc) is 3.44. The lowest BCUT2D eigenvalue weighted by molar-refractivity contribution is -0.0642. The van der Waals surface area contributed by atoms with Crippen LogP contribution in [-0.4, -0.2) is 49.4 Å². The van der Waals surface area contributed by atoms with Crippen LogP contribution in [0.2, 0.25) is 0 Å². The van der Waals surface area contributed by atoms with E-state index in [2.05, 4.69) is 15.1 Å². The van der Waals surface area contributed by atoms with E-state index in [1.54, 1.807) is 13.0 Å². The molecule has 0 radical (unpaired) electrons. The Morgan fingerprint density at radius 2 is 1.94 bits per heavy atom. The minimum atomic E-state index is -3.20. The Morgan fingerprint density at radius 1 is 1.16 bits per heavy atom. The summed E-state index contributed by atoms with van der Waals surface area (Å²) in [6.45, 7) is 0.762. The molecule has 1 saturated carbocycles. The number of hydrogen-bond acceptors (Lipinski definition) is 4. The molecule has 31 heavy (non-hydrogen) atoms. The summed E-state index contributed by atoms with van der Waals surface area (Å²) in [6.07, 6.45) is 2.30. The largest absolute Gasteiger partial charge is 0.332 e. The number of benzene rings is 1. The number of piperidine rings is 1. The van der Waals surface area contributed by atoms with Gasteiger partial charge in [-0.3, -0.25) is 4.79 Å². The molecule has 6 nitrogen and oxygen atoms in total. The van der Waals surface area contributed by atoms with Gasteiger partial charge in [0, 0.05) is 24.6 Å². The molecule has 0 N–H and O–H groups in total. The van der Waals surface area contributed by atoms with Gasteiger partial charge in [-0.25, -0.2) is 27.1 Å². The molecule has 1 atom stereocenters. The molecule has 3 aromatic rings. The molecule has 2 fully saturated rings. The van der Waals surface area contributed by atoms with Crippen LogP contribution in [0.15, 0.2) is 24.5 Å². The van der Waals surface area contributed by atoms with Gasteiger partial charge in [-0.1, -0.05) is 6.07 Å². The summed E-state index contributed by atoms with van der Waals surface area (Å²) >= 11 is 0. The van der Waals surface area contributed by atoms with Crippen LogP contribution < -0.4 is 0 Å². The molecule has 1 aliphatic carbocycles. The van der Waals surface area contributed by atoms with E-state index in [-0.39, 0.29) is 23.8 Å². The van der Waals surface area contributed by atoms with Crippen molar-refractivity contribution in [2.75, 3.05) is 13.1 Å². The van der Waals surface area contributed by atoms with Crippen molar-refractivity contribution in [1.82, 2.24) is 24.5 Å². The number of carbonyl (C=O) groups is 1. The van der Waals surface area contributed by atoms with Gasteiger partial charge in [0.15, 0.2) is 11.6 Å². The number of amides is 1. The standard InChI is InChI=1S/C21H19F4N5O/c1-11-6-16(30-20(28-11)26-10-27-30)13-7-21(24,25)9-29(8-13)19(31)15-5-4-14(12-2-3-12)17(22)18(15)23/h4-6,10,12-13H,2-3,7-9H2,1H3. The monoisotopic (exact) mass is 433 g/mol. The molecule has 2 aromatic heterocycles. The lowest BCUT2D eigenvalue weighted by Crippen LogP contribution is -2.49. The van der Waals surface area contributed by atoms with E-state index in [0.717, 1.165) is 17.7 Å². The average molecular weight is 433 g/mol. The summed E-state index contributed by atoms with van der Waals surface area (Å²) < 4.78 is 59.7. The summed E-state index contributed by atoms with van der Waals surface area (Å²) in [4.78, 5) is 22.1. The highest BCUT2D eigenvalue weighted by molar-refractivity contribution is 5.94. The number of fused-ring (bicyclic) bond motifs is 1. The fourth-order valence-corrected chi connectivity index (χ4v) is 4.31. The topological polar surface area (TPSA) is 63.4 Å². The summed E-state index contributed by atoms with van der Waals surface area (Å²) in [5, 5.41) is 4.05. The number of likely N-dealkylation sites (tertiary alicyclic amines) is 1. The predicted molar refractivity (Wildman–Crippen MR) is 102 cm³/mol. The van der Waals surface area contributed by atoms with Gasteiger partial charge < -0.3 is 4.90 Å². The van der Waals surface area contributed by atoms with Gasteiger partial charge in [0.2, 0.25) is 0 Å². The summed E-state index contributed by atoms with van der Waals surface area (Å²) in [6, 6.07) is 4.21. The Bertz CT molecular complexity index is 1190. The van der Waals surface area contributed by atoms with Crippen LogP contribution in [0.3, 0.4) is 0 Å². The van der Waals surface area contributed by atoms with E-state index in [0.29, 0.717) is 11.4 Å². The zero-order valence-electron chi connectivity index (χ0n) is 16.7. The van der Waals surface area contributed by atoms with Gasteiger partial charge in [0.1, 0.15) is 6.33 Å². The van der Waals surface area contributed by atoms with Crippen LogP contribution >= 0.6 is 0 Å². The maximum Gasteiger partial charge on any atom is 0.266 e. The molecule has 3 heterocycles. The van der Waals surface area contributed by atoms with Crippen molar-refractivity contribution in [3.63, 3.8) is 0 Å². The number of aromatic nitrogens is 4. The lowest BCUT2D eigenvalue weighted by Gasteiger charge is -2.37. The number of alkyl halides is 2. The molecule has 2 aliphatic rings. The van der Waals surface area contributed by atoms with Crippen molar-refractivity contribution >= 4 is 11.7 Å². The van der Waals surface area contributed by atoms with Crippen LogP contribution in [0.5, 0.6) is 0 Å². The molecular formula is C21H19F4N5O. The fourth-order valence-electron chi connectivity index (χ4n) is 4.31. The van der Waals surface area contributed by atoms with Crippen LogP contribution in [0, 0.1) is 18.6 Å². The molecule has 1 unspecified atom stereocenters. The Hall–Kier alpha value is -3.04. The molecule has 10 heteroatoms.